The molecule has 0 bridgehead atoms. The SMILES string of the molecule is CC(=O)NCCCN(CCCN(CCCN(CCCN(CCCN1CCCCCCCCCCCC1=O)C(C)=O)C(C)=O)C(C)=O)C(C)=O. The van der Waals surface area contributed by atoms with Crippen LogP contribution in [0.5, 0.6) is 0 Å². The van der Waals surface area contributed by atoms with Crippen molar-refractivity contribution in [3.05, 3.63) is 0 Å². The van der Waals surface area contributed by atoms with Crippen molar-refractivity contribution in [2.24, 2.45) is 0 Å². The lowest BCUT2D eigenvalue weighted by Gasteiger charge is -2.28. The van der Waals surface area contributed by atoms with Gasteiger partial charge in [-0.15, -0.1) is 0 Å². The van der Waals surface area contributed by atoms with E-state index < -0.39 is 0 Å². The molecule has 1 saturated heterocycles. The highest BCUT2D eigenvalue weighted by Gasteiger charge is 2.17. The third-order valence-electron chi connectivity index (χ3n) is 9.36. The van der Waals surface area contributed by atoms with Gasteiger partial charge in [-0.25, -0.2) is 0 Å². The molecule has 0 aromatic heterocycles. The van der Waals surface area contributed by atoms with Gasteiger partial charge in [0.05, 0.1) is 0 Å². The molecule has 0 spiro atoms. The maximum absolute atomic E-state index is 12.9. The first-order chi connectivity index (χ1) is 23.4. The van der Waals surface area contributed by atoms with Gasteiger partial charge in [0, 0.05) is 113 Å². The minimum Gasteiger partial charge on any atom is -0.356 e. The summed E-state index contributed by atoms with van der Waals surface area (Å²) in [7, 11) is 0. The van der Waals surface area contributed by atoms with Gasteiger partial charge in [-0.2, -0.15) is 0 Å². The van der Waals surface area contributed by atoms with Crippen LogP contribution in [-0.4, -0.2) is 132 Å². The Morgan fingerprint density at radius 3 is 1.24 bits per heavy atom. The fraction of sp³-hybridized carbons (Fsp3) is 0.838. The monoisotopic (exact) mass is 693 g/mol. The van der Waals surface area contributed by atoms with Crippen molar-refractivity contribution in [3.63, 3.8) is 0 Å². The van der Waals surface area contributed by atoms with Crippen LogP contribution in [0.4, 0.5) is 0 Å². The predicted octanol–water partition coefficient (Wildman–Crippen LogP) is 4.21. The number of rotatable bonds is 20. The first-order valence-corrected chi connectivity index (χ1v) is 19.0. The summed E-state index contributed by atoms with van der Waals surface area (Å²) in [6.45, 7) is 13.9. The van der Waals surface area contributed by atoms with Crippen molar-refractivity contribution >= 4 is 35.4 Å². The van der Waals surface area contributed by atoms with E-state index in [1.165, 1.54) is 52.9 Å². The molecule has 0 aromatic carbocycles. The van der Waals surface area contributed by atoms with Crippen LogP contribution >= 0.6 is 0 Å². The highest BCUT2D eigenvalue weighted by atomic mass is 16.2. The minimum atomic E-state index is -0.0946. The van der Waals surface area contributed by atoms with Crippen LogP contribution < -0.4 is 5.32 Å². The molecule has 1 aliphatic rings. The van der Waals surface area contributed by atoms with E-state index >= 15 is 0 Å². The molecule has 282 valence electrons. The smallest absolute Gasteiger partial charge is 0.222 e. The molecule has 0 aliphatic carbocycles. The van der Waals surface area contributed by atoms with Crippen LogP contribution in [0.25, 0.3) is 0 Å². The summed E-state index contributed by atoms with van der Waals surface area (Å²) in [5.41, 5.74) is 0. The second-order valence-corrected chi connectivity index (χ2v) is 13.6. The van der Waals surface area contributed by atoms with Gasteiger partial charge in [0.15, 0.2) is 0 Å². The molecule has 6 amide bonds. The third-order valence-corrected chi connectivity index (χ3v) is 9.36. The highest BCUT2D eigenvalue weighted by Crippen LogP contribution is 2.14. The van der Waals surface area contributed by atoms with E-state index in [-0.39, 0.29) is 35.4 Å². The molecule has 0 aromatic rings. The maximum atomic E-state index is 12.9. The number of hydrogen-bond acceptors (Lipinski definition) is 6. The van der Waals surface area contributed by atoms with Crippen molar-refractivity contribution in [1.29, 1.82) is 0 Å². The molecular formula is C37H68N6O6. The van der Waals surface area contributed by atoms with Crippen molar-refractivity contribution in [3.8, 4) is 0 Å². The van der Waals surface area contributed by atoms with Gasteiger partial charge in [-0.05, 0) is 44.9 Å². The predicted molar refractivity (Wildman–Crippen MR) is 194 cm³/mol. The molecule has 1 rings (SSSR count). The van der Waals surface area contributed by atoms with E-state index in [4.69, 9.17) is 0 Å². The zero-order valence-electron chi connectivity index (χ0n) is 31.6. The lowest BCUT2D eigenvalue weighted by atomic mass is 10.1. The van der Waals surface area contributed by atoms with Gasteiger partial charge in [-0.1, -0.05) is 44.9 Å². The summed E-state index contributed by atoms with van der Waals surface area (Å²) in [6.07, 6.45) is 14.5. The Hall–Kier alpha value is -3.18. The Morgan fingerprint density at radius 1 is 0.510 bits per heavy atom. The van der Waals surface area contributed by atoms with E-state index in [0.29, 0.717) is 97.6 Å². The van der Waals surface area contributed by atoms with Crippen LogP contribution in [0.15, 0.2) is 0 Å². The summed E-state index contributed by atoms with van der Waals surface area (Å²) in [6, 6.07) is 0. The highest BCUT2D eigenvalue weighted by molar-refractivity contribution is 5.76. The number of carbonyl (C=O) groups excluding carboxylic acids is 6. The van der Waals surface area contributed by atoms with Gasteiger partial charge in [-0.3, -0.25) is 28.8 Å². The second kappa shape index (κ2) is 26.7. The molecule has 12 nitrogen and oxygen atoms in total. The number of nitrogens with zero attached hydrogens (tertiary/aromatic N) is 5. The molecule has 0 unspecified atom stereocenters. The number of hydrogen-bond donors (Lipinski definition) is 1. The molecule has 1 N–H and O–H groups in total. The summed E-state index contributed by atoms with van der Waals surface area (Å²) in [4.78, 5) is 82.3. The lowest BCUT2D eigenvalue weighted by molar-refractivity contribution is -0.132. The average Bonchev–Trinajstić information content (AvgIpc) is 3.05. The van der Waals surface area contributed by atoms with Crippen LogP contribution in [0.2, 0.25) is 0 Å². The molecular weight excluding hydrogens is 624 g/mol. The van der Waals surface area contributed by atoms with Gasteiger partial charge in [0.1, 0.15) is 0 Å². The minimum absolute atomic E-state index is 0.00110. The normalized spacial score (nSPS) is 14.6. The van der Waals surface area contributed by atoms with Crippen molar-refractivity contribution < 1.29 is 28.8 Å². The topological polar surface area (TPSA) is 131 Å². The number of carbonyl (C=O) groups is 6. The Bertz CT molecular complexity index is 1010. The Kier molecular flexibility index (Phi) is 23.9. The molecule has 49 heavy (non-hydrogen) atoms. The van der Waals surface area contributed by atoms with Gasteiger partial charge in [0.25, 0.3) is 0 Å². The molecule has 1 heterocycles. The lowest BCUT2D eigenvalue weighted by Crippen LogP contribution is -2.39. The average molecular weight is 693 g/mol. The summed E-state index contributed by atoms with van der Waals surface area (Å²) >= 11 is 0. The molecule has 12 heteroatoms. The van der Waals surface area contributed by atoms with Gasteiger partial charge in [0.2, 0.25) is 35.4 Å². The Balaban J connectivity index is 2.50. The van der Waals surface area contributed by atoms with Crippen molar-refractivity contribution in [1.82, 2.24) is 29.8 Å². The zero-order chi connectivity index (χ0) is 36.4. The van der Waals surface area contributed by atoms with Crippen LogP contribution in [-0.2, 0) is 28.8 Å². The first-order valence-electron chi connectivity index (χ1n) is 19.0. The standard InChI is InChI=1S/C37H68N6O6/c1-32(44)38-21-15-23-39(33(2)45)24-16-25-40(34(3)46)26-17-27-41(35(4)47)28-18-29-42(36(5)48)30-19-31-43-22-14-12-10-8-6-7-9-11-13-20-37(43)49/h6-31H2,1-5H3,(H,38,44). The van der Waals surface area contributed by atoms with Crippen LogP contribution in [0, 0.1) is 0 Å². The first kappa shape index (κ1) is 43.8. The summed E-state index contributed by atoms with van der Waals surface area (Å²) < 4.78 is 0. The summed E-state index contributed by atoms with van der Waals surface area (Å²) in [5.74, 6) is 0.0252. The fourth-order valence-corrected chi connectivity index (χ4v) is 6.39. The molecule has 0 atom stereocenters. The second-order valence-electron chi connectivity index (χ2n) is 13.6. The fourth-order valence-electron chi connectivity index (χ4n) is 6.39. The largest absolute Gasteiger partial charge is 0.356 e. The van der Waals surface area contributed by atoms with Crippen LogP contribution in [0.3, 0.4) is 0 Å². The van der Waals surface area contributed by atoms with E-state index in [9.17, 15) is 28.8 Å². The van der Waals surface area contributed by atoms with E-state index in [1.807, 2.05) is 9.80 Å². The maximum Gasteiger partial charge on any atom is 0.222 e. The third kappa shape index (κ3) is 21.5. The zero-order valence-corrected chi connectivity index (χ0v) is 31.6. The van der Waals surface area contributed by atoms with E-state index in [2.05, 4.69) is 5.32 Å². The molecule has 0 saturated carbocycles. The summed E-state index contributed by atoms with van der Waals surface area (Å²) in [5, 5.41) is 2.74. The quantitative estimate of drug-likeness (QED) is 0.190. The number of amides is 6. The Labute approximate surface area is 296 Å². The molecule has 1 fully saturated rings. The van der Waals surface area contributed by atoms with E-state index in [1.54, 1.807) is 28.5 Å². The van der Waals surface area contributed by atoms with Crippen LogP contribution in [0.1, 0.15) is 131 Å². The van der Waals surface area contributed by atoms with E-state index in [0.717, 1.165) is 38.6 Å². The number of nitrogens with one attached hydrogen (secondary N) is 1. The van der Waals surface area contributed by atoms with Gasteiger partial charge >= 0.3 is 0 Å². The van der Waals surface area contributed by atoms with Crippen molar-refractivity contribution in [2.45, 2.75) is 131 Å². The van der Waals surface area contributed by atoms with Gasteiger partial charge < -0.3 is 29.8 Å². The van der Waals surface area contributed by atoms with Crippen molar-refractivity contribution in [2.75, 3.05) is 72.0 Å². The molecule has 0 radical (unpaired) electrons. The Morgan fingerprint density at radius 2 is 0.857 bits per heavy atom. The molecule has 1 aliphatic heterocycles.